The second kappa shape index (κ2) is 14.7. The lowest BCUT2D eigenvalue weighted by atomic mass is 9.67. The quantitative estimate of drug-likeness (QED) is 0.161. The first kappa shape index (κ1) is 36.1. The van der Waals surface area contributed by atoms with Gasteiger partial charge in [0.15, 0.2) is 17.5 Å². The highest BCUT2D eigenvalue weighted by molar-refractivity contribution is 7.25. The van der Waals surface area contributed by atoms with Gasteiger partial charge in [-0.2, -0.15) is 0 Å². The highest BCUT2D eigenvalue weighted by Gasteiger charge is 2.47. The van der Waals surface area contributed by atoms with Gasteiger partial charge in [0.25, 0.3) is 0 Å². The zero-order chi connectivity index (χ0) is 41.0. The van der Waals surface area contributed by atoms with E-state index in [0.717, 1.165) is 22.3 Å². The summed E-state index contributed by atoms with van der Waals surface area (Å²) in [5.74, 6) is 1.93. The van der Waals surface area contributed by atoms with E-state index in [1.165, 1.54) is 70.2 Å². The predicted molar refractivity (Wildman–Crippen MR) is 257 cm³/mol. The van der Waals surface area contributed by atoms with Crippen LogP contribution < -0.4 is 0 Å². The first-order chi connectivity index (χ1) is 30.7. The largest absolute Gasteiger partial charge is 0.208 e. The van der Waals surface area contributed by atoms with Gasteiger partial charge in [-0.05, 0) is 67.8 Å². The van der Waals surface area contributed by atoms with Crippen LogP contribution in [-0.2, 0) is 5.41 Å². The number of aromatic nitrogens is 3. The Morgan fingerprint density at radius 1 is 0.306 bits per heavy atom. The fourth-order valence-corrected chi connectivity index (χ4v) is 10.8. The summed E-state index contributed by atoms with van der Waals surface area (Å²) in [5.41, 5.74) is 14.6. The fourth-order valence-electron chi connectivity index (χ4n) is 9.69. The van der Waals surface area contributed by atoms with Gasteiger partial charge in [-0.3, -0.25) is 0 Å². The highest BCUT2D eigenvalue weighted by Crippen LogP contribution is 2.59. The smallest absolute Gasteiger partial charge is 0.164 e. The molecular weight excluding hydrogens is 771 g/mol. The lowest BCUT2D eigenvalue weighted by molar-refractivity contribution is 0.768. The molecule has 0 aliphatic heterocycles. The van der Waals surface area contributed by atoms with Crippen LogP contribution in [0, 0.1) is 0 Å². The maximum atomic E-state index is 5.07. The van der Waals surface area contributed by atoms with Crippen molar-refractivity contribution in [3.05, 3.63) is 247 Å². The number of thiophene rings is 1. The summed E-state index contributed by atoms with van der Waals surface area (Å²) in [7, 11) is 0. The molecule has 4 heteroatoms. The van der Waals surface area contributed by atoms with Crippen LogP contribution in [0.4, 0.5) is 0 Å². The first-order valence-electron chi connectivity index (χ1n) is 21.0. The Hall–Kier alpha value is -7.79. The molecule has 9 aromatic carbocycles. The van der Waals surface area contributed by atoms with Crippen molar-refractivity contribution in [3.63, 3.8) is 0 Å². The average molecular weight is 808 g/mol. The molecule has 11 aromatic rings. The Labute approximate surface area is 364 Å². The Balaban J connectivity index is 1.10. The zero-order valence-electron chi connectivity index (χ0n) is 33.6. The van der Waals surface area contributed by atoms with Crippen LogP contribution >= 0.6 is 11.3 Å². The van der Waals surface area contributed by atoms with Gasteiger partial charge in [0.2, 0.25) is 0 Å². The number of fused-ring (bicyclic) bond motifs is 6. The number of hydrogen-bond donors (Lipinski definition) is 0. The number of nitrogens with zero attached hydrogens (tertiary/aromatic N) is 3. The SMILES string of the molecule is c1ccc(-c2nc(-c3ccccc3)nc(-c3ccc(-c4c(-c5ccc6c(c5)sc5ccccc56)ccc5c4-c4ccccc4C5(c4ccccc4)c4ccccc4)cc3)n2)cc1. The van der Waals surface area contributed by atoms with Crippen molar-refractivity contribution in [2.45, 2.75) is 5.41 Å². The molecule has 0 N–H and O–H groups in total. The van der Waals surface area contributed by atoms with Gasteiger partial charge in [-0.25, -0.2) is 15.0 Å². The molecule has 0 bridgehead atoms. The highest BCUT2D eigenvalue weighted by atomic mass is 32.1. The maximum absolute atomic E-state index is 5.07. The third-order valence-corrected chi connectivity index (χ3v) is 13.6. The summed E-state index contributed by atoms with van der Waals surface area (Å²) < 4.78 is 2.59. The molecule has 0 atom stereocenters. The second-order valence-electron chi connectivity index (χ2n) is 15.9. The van der Waals surface area contributed by atoms with Crippen molar-refractivity contribution in [1.82, 2.24) is 15.0 Å². The molecule has 0 saturated heterocycles. The minimum absolute atomic E-state index is 0.524. The van der Waals surface area contributed by atoms with E-state index in [-0.39, 0.29) is 0 Å². The Morgan fingerprint density at radius 3 is 1.42 bits per heavy atom. The fraction of sp³-hybridized carbons (Fsp3) is 0.0172. The van der Waals surface area contributed by atoms with Crippen LogP contribution in [0.1, 0.15) is 22.3 Å². The van der Waals surface area contributed by atoms with E-state index in [0.29, 0.717) is 17.5 Å². The molecule has 0 amide bonds. The minimum Gasteiger partial charge on any atom is -0.208 e. The zero-order valence-corrected chi connectivity index (χ0v) is 34.4. The van der Waals surface area contributed by atoms with Gasteiger partial charge in [-0.15, -0.1) is 11.3 Å². The van der Waals surface area contributed by atoms with E-state index < -0.39 is 5.41 Å². The molecular formula is C58H37N3S. The third kappa shape index (κ3) is 5.76. The van der Waals surface area contributed by atoms with E-state index in [1.54, 1.807) is 0 Å². The van der Waals surface area contributed by atoms with Gasteiger partial charge < -0.3 is 0 Å². The molecule has 0 spiro atoms. The van der Waals surface area contributed by atoms with Crippen molar-refractivity contribution < 1.29 is 0 Å². The Morgan fingerprint density at radius 2 is 0.790 bits per heavy atom. The van der Waals surface area contributed by atoms with E-state index in [2.05, 4.69) is 164 Å². The number of rotatable bonds is 7. The van der Waals surface area contributed by atoms with Crippen LogP contribution in [0.5, 0.6) is 0 Å². The van der Waals surface area contributed by atoms with Crippen LogP contribution in [0.2, 0.25) is 0 Å². The lowest BCUT2D eigenvalue weighted by Gasteiger charge is -2.34. The molecule has 0 fully saturated rings. The molecule has 0 saturated carbocycles. The van der Waals surface area contributed by atoms with Crippen molar-refractivity contribution in [3.8, 4) is 67.5 Å². The van der Waals surface area contributed by atoms with Gasteiger partial charge >= 0.3 is 0 Å². The molecule has 290 valence electrons. The molecule has 1 aliphatic carbocycles. The monoisotopic (exact) mass is 807 g/mol. The number of benzene rings is 9. The summed E-state index contributed by atoms with van der Waals surface area (Å²) in [5, 5.41) is 2.60. The summed E-state index contributed by atoms with van der Waals surface area (Å²) >= 11 is 1.86. The average Bonchev–Trinajstić information content (AvgIpc) is 3.88. The summed E-state index contributed by atoms with van der Waals surface area (Å²) in [6.45, 7) is 0. The van der Waals surface area contributed by atoms with Gasteiger partial charge in [0.1, 0.15) is 0 Å². The molecule has 62 heavy (non-hydrogen) atoms. The van der Waals surface area contributed by atoms with E-state index >= 15 is 0 Å². The van der Waals surface area contributed by atoms with E-state index in [1.807, 2.05) is 72.0 Å². The molecule has 2 heterocycles. The minimum atomic E-state index is -0.524. The normalized spacial score (nSPS) is 12.6. The molecule has 1 aliphatic rings. The maximum Gasteiger partial charge on any atom is 0.164 e. The van der Waals surface area contributed by atoms with E-state index in [9.17, 15) is 0 Å². The molecule has 2 aromatic heterocycles. The van der Waals surface area contributed by atoms with Crippen LogP contribution in [0.25, 0.3) is 87.7 Å². The van der Waals surface area contributed by atoms with Crippen molar-refractivity contribution in [2.24, 2.45) is 0 Å². The second-order valence-corrected chi connectivity index (χ2v) is 16.9. The van der Waals surface area contributed by atoms with Crippen molar-refractivity contribution >= 4 is 31.5 Å². The van der Waals surface area contributed by atoms with Gasteiger partial charge in [0, 0.05) is 36.9 Å². The van der Waals surface area contributed by atoms with Crippen LogP contribution in [-0.4, -0.2) is 15.0 Å². The summed E-state index contributed by atoms with van der Waals surface area (Å²) in [6.07, 6.45) is 0. The summed E-state index contributed by atoms with van der Waals surface area (Å²) in [6, 6.07) is 80.8. The molecule has 0 radical (unpaired) electrons. The topological polar surface area (TPSA) is 38.7 Å². The van der Waals surface area contributed by atoms with Crippen LogP contribution in [0.15, 0.2) is 224 Å². The Kier molecular flexibility index (Phi) is 8.58. The summed E-state index contributed by atoms with van der Waals surface area (Å²) in [4.78, 5) is 15.1. The number of hydrogen-bond acceptors (Lipinski definition) is 4. The molecule has 0 unspecified atom stereocenters. The lowest BCUT2D eigenvalue weighted by Crippen LogP contribution is -2.28. The van der Waals surface area contributed by atoms with Crippen molar-refractivity contribution in [2.75, 3.05) is 0 Å². The van der Waals surface area contributed by atoms with Crippen molar-refractivity contribution in [1.29, 1.82) is 0 Å². The first-order valence-corrected chi connectivity index (χ1v) is 21.8. The Bertz CT molecular complexity index is 3340. The standard InChI is InChI=1S/C58H37N3S/c1-5-17-39(18-6-1)55-59-56(40-19-7-2-8-20-40)61-57(60-55)41-31-29-38(30-32-41)53-45(42-33-34-47-46-25-14-16-28-51(46)62-52(47)37-42)35-36-50-54(53)48-26-13-15-27-49(48)58(50,43-21-9-3-10-22-43)44-23-11-4-12-24-44/h1-37H. The van der Waals surface area contributed by atoms with Crippen LogP contribution in [0.3, 0.4) is 0 Å². The molecule has 12 rings (SSSR count). The predicted octanol–water partition coefficient (Wildman–Crippen LogP) is 14.9. The van der Waals surface area contributed by atoms with E-state index in [4.69, 9.17) is 15.0 Å². The van der Waals surface area contributed by atoms with Gasteiger partial charge in [0.05, 0.1) is 5.41 Å². The third-order valence-electron chi connectivity index (χ3n) is 12.4. The van der Waals surface area contributed by atoms with Gasteiger partial charge in [-0.1, -0.05) is 212 Å². The molecule has 3 nitrogen and oxygen atoms in total.